The van der Waals surface area contributed by atoms with Gasteiger partial charge in [0, 0.05) is 29.1 Å². The summed E-state index contributed by atoms with van der Waals surface area (Å²) in [6, 6.07) is 8.84. The molecular formula is C13H15BrN2O2S2. The summed E-state index contributed by atoms with van der Waals surface area (Å²) in [5, 5.41) is 5.24. The second-order valence-electron chi connectivity index (χ2n) is 4.36. The zero-order chi connectivity index (χ0) is 14.8. The second-order valence-corrected chi connectivity index (χ2v) is 8.37. The minimum absolute atomic E-state index is 0.290. The van der Waals surface area contributed by atoms with Gasteiger partial charge in [-0.15, -0.1) is 11.3 Å². The number of thiophene rings is 1. The molecule has 1 heterocycles. The van der Waals surface area contributed by atoms with Crippen molar-refractivity contribution in [3.8, 4) is 0 Å². The molecule has 0 aliphatic rings. The van der Waals surface area contributed by atoms with Crippen LogP contribution in [-0.2, 0) is 16.6 Å². The third-order valence-electron chi connectivity index (χ3n) is 2.76. The standard InChI is InChI=1S/C13H15BrN2O2S2/c1-16(2)20(17,18)11-5-3-4-10(8-11)15-9-13-12(14)6-7-19-13/h3-8,15H,9H2,1-2H3. The number of anilines is 1. The molecule has 2 aromatic rings. The van der Waals surface area contributed by atoms with E-state index in [2.05, 4.69) is 21.2 Å². The molecule has 0 saturated heterocycles. The van der Waals surface area contributed by atoms with Gasteiger partial charge in [-0.3, -0.25) is 0 Å². The fraction of sp³-hybridized carbons (Fsp3) is 0.231. The van der Waals surface area contributed by atoms with Crippen molar-refractivity contribution in [1.29, 1.82) is 0 Å². The summed E-state index contributed by atoms with van der Waals surface area (Å²) < 4.78 is 26.4. The Morgan fingerprint density at radius 2 is 2.05 bits per heavy atom. The van der Waals surface area contributed by atoms with Gasteiger partial charge in [0.1, 0.15) is 0 Å². The average molecular weight is 375 g/mol. The van der Waals surface area contributed by atoms with E-state index in [9.17, 15) is 8.42 Å². The summed E-state index contributed by atoms with van der Waals surface area (Å²) in [5.74, 6) is 0. The molecule has 1 aromatic heterocycles. The highest BCUT2D eigenvalue weighted by Gasteiger charge is 2.17. The first-order chi connectivity index (χ1) is 9.41. The highest BCUT2D eigenvalue weighted by molar-refractivity contribution is 9.10. The highest BCUT2D eigenvalue weighted by atomic mass is 79.9. The number of hydrogen-bond donors (Lipinski definition) is 1. The Hall–Kier alpha value is -0.890. The third-order valence-corrected chi connectivity index (χ3v) is 6.49. The second kappa shape index (κ2) is 6.26. The van der Waals surface area contributed by atoms with Crippen molar-refractivity contribution >= 4 is 43.0 Å². The largest absolute Gasteiger partial charge is 0.380 e. The highest BCUT2D eigenvalue weighted by Crippen LogP contribution is 2.24. The summed E-state index contributed by atoms with van der Waals surface area (Å²) in [7, 11) is -0.341. The number of halogens is 1. The number of sulfonamides is 1. The van der Waals surface area contributed by atoms with Gasteiger partial charge < -0.3 is 5.32 Å². The van der Waals surface area contributed by atoms with Gasteiger partial charge in [-0.05, 0) is 45.6 Å². The summed E-state index contributed by atoms with van der Waals surface area (Å²) in [5.41, 5.74) is 0.785. The van der Waals surface area contributed by atoms with Crippen LogP contribution in [0.1, 0.15) is 4.88 Å². The van der Waals surface area contributed by atoms with Crippen LogP contribution in [0.5, 0.6) is 0 Å². The molecule has 20 heavy (non-hydrogen) atoms. The molecule has 2 rings (SSSR count). The molecule has 0 amide bonds. The van der Waals surface area contributed by atoms with Crippen molar-refractivity contribution in [3.05, 3.63) is 45.1 Å². The molecule has 0 bridgehead atoms. The van der Waals surface area contributed by atoms with Crippen molar-refractivity contribution < 1.29 is 8.42 Å². The van der Waals surface area contributed by atoms with Crippen LogP contribution in [0.4, 0.5) is 5.69 Å². The van der Waals surface area contributed by atoms with Gasteiger partial charge in [0.15, 0.2) is 0 Å². The smallest absolute Gasteiger partial charge is 0.242 e. The fourth-order valence-electron chi connectivity index (χ4n) is 1.61. The predicted octanol–water partition coefficient (Wildman–Crippen LogP) is 3.37. The fourth-order valence-corrected chi connectivity index (χ4v) is 3.99. The predicted molar refractivity (Wildman–Crippen MR) is 86.7 cm³/mol. The molecule has 7 heteroatoms. The van der Waals surface area contributed by atoms with Crippen LogP contribution < -0.4 is 5.32 Å². The van der Waals surface area contributed by atoms with Crippen LogP contribution in [0.3, 0.4) is 0 Å². The van der Waals surface area contributed by atoms with Crippen molar-refractivity contribution in [2.75, 3.05) is 19.4 Å². The van der Waals surface area contributed by atoms with Crippen molar-refractivity contribution in [2.45, 2.75) is 11.4 Å². The lowest BCUT2D eigenvalue weighted by Gasteiger charge is -2.13. The van der Waals surface area contributed by atoms with Crippen molar-refractivity contribution in [3.63, 3.8) is 0 Å². The minimum Gasteiger partial charge on any atom is -0.380 e. The van der Waals surface area contributed by atoms with E-state index in [1.54, 1.807) is 29.5 Å². The van der Waals surface area contributed by atoms with Crippen LogP contribution in [0.15, 0.2) is 45.1 Å². The Balaban J connectivity index is 2.17. The zero-order valence-corrected chi connectivity index (χ0v) is 14.3. The molecule has 108 valence electrons. The SMILES string of the molecule is CN(C)S(=O)(=O)c1cccc(NCc2sccc2Br)c1. The monoisotopic (exact) mass is 374 g/mol. The van der Waals surface area contributed by atoms with Crippen LogP contribution in [-0.4, -0.2) is 26.8 Å². The van der Waals surface area contributed by atoms with E-state index < -0.39 is 10.0 Å². The van der Waals surface area contributed by atoms with Crippen molar-refractivity contribution in [2.24, 2.45) is 0 Å². The van der Waals surface area contributed by atoms with E-state index in [0.717, 1.165) is 10.2 Å². The Morgan fingerprint density at radius 3 is 2.65 bits per heavy atom. The van der Waals surface area contributed by atoms with Gasteiger partial charge in [0.25, 0.3) is 0 Å². The molecule has 0 aliphatic carbocycles. The minimum atomic E-state index is -3.39. The van der Waals surface area contributed by atoms with Gasteiger partial charge in [0.05, 0.1) is 11.4 Å². The van der Waals surface area contributed by atoms with E-state index in [0.29, 0.717) is 6.54 Å². The Bertz CT molecular complexity index is 696. The molecule has 0 unspecified atom stereocenters. The molecule has 0 spiro atoms. The molecule has 0 atom stereocenters. The summed E-state index contributed by atoms with van der Waals surface area (Å²) in [4.78, 5) is 1.46. The number of rotatable bonds is 5. The van der Waals surface area contributed by atoms with Gasteiger partial charge in [-0.2, -0.15) is 0 Å². The Labute approximate surface area is 131 Å². The van der Waals surface area contributed by atoms with Gasteiger partial charge in [-0.25, -0.2) is 12.7 Å². The first-order valence-corrected chi connectivity index (χ1v) is 9.01. The topological polar surface area (TPSA) is 49.4 Å². The molecule has 0 fully saturated rings. The van der Waals surface area contributed by atoms with Gasteiger partial charge >= 0.3 is 0 Å². The van der Waals surface area contributed by atoms with Crippen LogP contribution in [0.25, 0.3) is 0 Å². The maximum atomic E-state index is 12.1. The first-order valence-electron chi connectivity index (χ1n) is 5.89. The molecule has 0 saturated carbocycles. The van der Waals surface area contributed by atoms with E-state index in [4.69, 9.17) is 0 Å². The van der Waals surface area contributed by atoms with E-state index in [1.165, 1.54) is 23.3 Å². The Morgan fingerprint density at radius 1 is 1.30 bits per heavy atom. The summed E-state index contributed by atoms with van der Waals surface area (Å²) in [6.45, 7) is 0.656. The van der Waals surface area contributed by atoms with Gasteiger partial charge in [-0.1, -0.05) is 6.07 Å². The molecule has 4 nitrogen and oxygen atoms in total. The quantitative estimate of drug-likeness (QED) is 0.872. The molecular weight excluding hydrogens is 360 g/mol. The molecule has 0 aliphatic heterocycles. The number of nitrogens with one attached hydrogen (secondary N) is 1. The molecule has 1 aromatic carbocycles. The van der Waals surface area contributed by atoms with Crippen molar-refractivity contribution in [1.82, 2.24) is 4.31 Å². The maximum absolute atomic E-state index is 12.1. The number of benzene rings is 1. The maximum Gasteiger partial charge on any atom is 0.242 e. The molecule has 1 N–H and O–H groups in total. The average Bonchev–Trinajstić information content (AvgIpc) is 2.82. The zero-order valence-electron chi connectivity index (χ0n) is 11.1. The molecule has 0 radical (unpaired) electrons. The van der Waals surface area contributed by atoms with Crippen LogP contribution in [0, 0.1) is 0 Å². The summed E-state index contributed by atoms with van der Waals surface area (Å²) in [6.07, 6.45) is 0. The number of nitrogens with zero attached hydrogens (tertiary/aromatic N) is 1. The normalized spacial score (nSPS) is 11.8. The number of hydrogen-bond acceptors (Lipinski definition) is 4. The lowest BCUT2D eigenvalue weighted by atomic mass is 10.3. The van der Waals surface area contributed by atoms with E-state index in [-0.39, 0.29) is 4.90 Å². The summed E-state index contributed by atoms with van der Waals surface area (Å²) >= 11 is 5.12. The Kier molecular flexibility index (Phi) is 4.85. The van der Waals surface area contributed by atoms with Crippen LogP contribution >= 0.6 is 27.3 Å². The van der Waals surface area contributed by atoms with Crippen LogP contribution in [0.2, 0.25) is 0 Å². The van der Waals surface area contributed by atoms with E-state index >= 15 is 0 Å². The van der Waals surface area contributed by atoms with Gasteiger partial charge in [0.2, 0.25) is 10.0 Å². The van der Waals surface area contributed by atoms with E-state index in [1.807, 2.05) is 17.5 Å². The first kappa shape index (κ1) is 15.5. The third kappa shape index (κ3) is 3.41. The lowest BCUT2D eigenvalue weighted by Crippen LogP contribution is -2.22. The lowest BCUT2D eigenvalue weighted by molar-refractivity contribution is 0.521.